The van der Waals surface area contributed by atoms with Crippen molar-refractivity contribution in [3.8, 4) is 0 Å². The van der Waals surface area contributed by atoms with E-state index >= 15 is 0 Å². The largest absolute Gasteiger partial charge is 0.348 e. The molecule has 0 atom stereocenters. The van der Waals surface area contributed by atoms with Gasteiger partial charge in [-0.2, -0.15) is 0 Å². The first kappa shape index (κ1) is 22.2. The molecule has 160 valence electrons. The molecule has 0 bridgehead atoms. The molecule has 1 aromatic carbocycles. The maximum Gasteiger partial charge on any atom is 0.253 e. The summed E-state index contributed by atoms with van der Waals surface area (Å²) in [6.07, 6.45) is 4.92. The minimum Gasteiger partial charge on any atom is -0.348 e. The van der Waals surface area contributed by atoms with E-state index in [4.69, 9.17) is 11.6 Å². The number of aryl methyl sites for hydroxylation is 3. The number of hydrogen-bond donors (Lipinski definition) is 2. The summed E-state index contributed by atoms with van der Waals surface area (Å²) in [7, 11) is 0. The Bertz CT molecular complexity index is 1140. The van der Waals surface area contributed by atoms with Gasteiger partial charge in [-0.15, -0.1) is 0 Å². The van der Waals surface area contributed by atoms with Crippen molar-refractivity contribution in [3.63, 3.8) is 0 Å². The number of carbonyl (C=O) groups is 1. The first-order valence-corrected chi connectivity index (χ1v) is 10.9. The zero-order valence-corrected chi connectivity index (χ0v) is 19.1. The molecular weight excluding hydrogens is 398 g/mol. The standard InChI is InChI=1S/C24H30ClN3O2/c1-6-7-8-17-9-16(5)27-24(30)20(17)12-26-23(29)19-10-18(25)11-21-22(19)15(4)13-28(21)14(2)3/h9-11,13-14H,6-8,12H2,1-5H3,(H,26,29)(H,27,30). The Balaban J connectivity index is 1.95. The van der Waals surface area contributed by atoms with Crippen LogP contribution < -0.4 is 10.9 Å². The highest BCUT2D eigenvalue weighted by Crippen LogP contribution is 2.30. The molecule has 0 aliphatic heterocycles. The summed E-state index contributed by atoms with van der Waals surface area (Å²) >= 11 is 6.35. The smallest absolute Gasteiger partial charge is 0.253 e. The predicted octanol–water partition coefficient (Wildman–Crippen LogP) is 5.45. The number of unbranched alkanes of at least 4 members (excludes halogenated alkanes) is 1. The highest BCUT2D eigenvalue weighted by atomic mass is 35.5. The van der Waals surface area contributed by atoms with Crippen LogP contribution in [0, 0.1) is 13.8 Å². The van der Waals surface area contributed by atoms with Gasteiger partial charge in [-0.3, -0.25) is 9.59 Å². The van der Waals surface area contributed by atoms with Gasteiger partial charge in [-0.05, 0) is 69.9 Å². The van der Waals surface area contributed by atoms with Crippen molar-refractivity contribution in [3.05, 3.63) is 67.7 Å². The molecule has 0 aliphatic carbocycles. The number of rotatable bonds is 7. The fraction of sp³-hybridized carbons (Fsp3) is 0.417. The second-order valence-corrected chi connectivity index (χ2v) is 8.67. The predicted molar refractivity (Wildman–Crippen MR) is 124 cm³/mol. The van der Waals surface area contributed by atoms with Gasteiger partial charge in [-0.1, -0.05) is 24.9 Å². The summed E-state index contributed by atoms with van der Waals surface area (Å²) < 4.78 is 2.13. The molecule has 6 heteroatoms. The number of nitrogens with zero attached hydrogens (tertiary/aromatic N) is 1. The Morgan fingerprint density at radius 2 is 1.97 bits per heavy atom. The van der Waals surface area contributed by atoms with Gasteiger partial charge >= 0.3 is 0 Å². The van der Waals surface area contributed by atoms with Crippen LogP contribution in [0.5, 0.6) is 0 Å². The number of aromatic nitrogens is 2. The van der Waals surface area contributed by atoms with Gasteiger partial charge in [0, 0.05) is 40.4 Å². The Kier molecular flexibility index (Phi) is 6.71. The van der Waals surface area contributed by atoms with Gasteiger partial charge in [-0.25, -0.2) is 0 Å². The molecule has 1 amide bonds. The van der Waals surface area contributed by atoms with E-state index < -0.39 is 0 Å². The van der Waals surface area contributed by atoms with E-state index in [0.29, 0.717) is 16.1 Å². The summed E-state index contributed by atoms with van der Waals surface area (Å²) in [6, 6.07) is 5.86. The van der Waals surface area contributed by atoms with E-state index in [1.165, 1.54) is 0 Å². The van der Waals surface area contributed by atoms with Crippen molar-refractivity contribution >= 4 is 28.4 Å². The maximum atomic E-state index is 13.1. The molecule has 2 aromatic heterocycles. The van der Waals surface area contributed by atoms with Crippen LogP contribution in [-0.2, 0) is 13.0 Å². The molecule has 0 radical (unpaired) electrons. The average Bonchev–Trinajstić information content (AvgIpc) is 3.01. The monoisotopic (exact) mass is 427 g/mol. The molecule has 2 N–H and O–H groups in total. The Morgan fingerprint density at radius 3 is 2.63 bits per heavy atom. The van der Waals surface area contributed by atoms with Gasteiger partial charge in [0.25, 0.3) is 11.5 Å². The van der Waals surface area contributed by atoms with Crippen molar-refractivity contribution in [1.82, 2.24) is 14.9 Å². The third kappa shape index (κ3) is 4.46. The van der Waals surface area contributed by atoms with Gasteiger partial charge < -0.3 is 14.9 Å². The summed E-state index contributed by atoms with van der Waals surface area (Å²) in [5.41, 5.74) is 4.82. The summed E-state index contributed by atoms with van der Waals surface area (Å²) in [4.78, 5) is 28.5. The van der Waals surface area contributed by atoms with E-state index in [2.05, 4.69) is 41.8 Å². The highest BCUT2D eigenvalue weighted by molar-refractivity contribution is 6.32. The van der Waals surface area contributed by atoms with E-state index in [0.717, 1.165) is 47.0 Å². The van der Waals surface area contributed by atoms with E-state index in [1.54, 1.807) is 6.07 Å². The fourth-order valence-corrected chi connectivity index (χ4v) is 4.20. The number of amides is 1. The first-order valence-electron chi connectivity index (χ1n) is 10.5. The lowest BCUT2D eigenvalue weighted by molar-refractivity contribution is 0.0952. The summed E-state index contributed by atoms with van der Waals surface area (Å²) in [6.45, 7) is 10.4. The van der Waals surface area contributed by atoms with Crippen molar-refractivity contribution in [2.45, 2.75) is 66.5 Å². The molecule has 0 saturated carbocycles. The molecule has 0 aliphatic rings. The zero-order valence-electron chi connectivity index (χ0n) is 18.4. The quantitative estimate of drug-likeness (QED) is 0.526. The lowest BCUT2D eigenvalue weighted by Gasteiger charge is -2.13. The number of carbonyl (C=O) groups excluding carboxylic acids is 1. The van der Waals surface area contributed by atoms with E-state index in [-0.39, 0.29) is 24.1 Å². The second-order valence-electron chi connectivity index (χ2n) is 8.23. The lowest BCUT2D eigenvalue weighted by atomic mass is 10.0. The van der Waals surface area contributed by atoms with E-state index in [1.807, 2.05) is 26.0 Å². The van der Waals surface area contributed by atoms with Crippen LogP contribution in [0.15, 0.2) is 29.2 Å². The molecule has 5 nitrogen and oxygen atoms in total. The Morgan fingerprint density at radius 1 is 1.23 bits per heavy atom. The summed E-state index contributed by atoms with van der Waals surface area (Å²) in [5.74, 6) is -0.228. The van der Waals surface area contributed by atoms with Crippen LogP contribution in [0.25, 0.3) is 10.9 Å². The van der Waals surface area contributed by atoms with Crippen LogP contribution >= 0.6 is 11.6 Å². The third-order valence-corrected chi connectivity index (χ3v) is 5.70. The van der Waals surface area contributed by atoms with Crippen LogP contribution in [0.1, 0.15) is 72.4 Å². The minimum absolute atomic E-state index is 0.139. The first-order chi connectivity index (χ1) is 14.2. The van der Waals surface area contributed by atoms with E-state index in [9.17, 15) is 9.59 Å². The van der Waals surface area contributed by atoms with Crippen LogP contribution in [-0.4, -0.2) is 15.5 Å². The fourth-order valence-electron chi connectivity index (χ4n) is 3.99. The number of H-pyrrole nitrogens is 1. The van der Waals surface area contributed by atoms with Crippen molar-refractivity contribution in [1.29, 1.82) is 0 Å². The SMILES string of the molecule is CCCCc1cc(C)[nH]c(=O)c1CNC(=O)c1cc(Cl)cc2c1c(C)cn2C(C)C. The molecule has 0 unspecified atom stereocenters. The van der Waals surface area contributed by atoms with Crippen molar-refractivity contribution < 1.29 is 4.79 Å². The second kappa shape index (κ2) is 9.09. The highest BCUT2D eigenvalue weighted by Gasteiger charge is 2.18. The molecule has 3 rings (SSSR count). The number of benzene rings is 1. The van der Waals surface area contributed by atoms with Crippen LogP contribution in [0.3, 0.4) is 0 Å². The summed E-state index contributed by atoms with van der Waals surface area (Å²) in [5, 5.41) is 4.37. The number of aromatic amines is 1. The van der Waals surface area contributed by atoms with Crippen molar-refractivity contribution in [2.75, 3.05) is 0 Å². The number of nitrogens with one attached hydrogen (secondary N) is 2. The maximum absolute atomic E-state index is 13.1. The lowest BCUT2D eigenvalue weighted by Crippen LogP contribution is -2.28. The average molecular weight is 428 g/mol. The number of fused-ring (bicyclic) bond motifs is 1. The van der Waals surface area contributed by atoms with Gasteiger partial charge in [0.05, 0.1) is 11.1 Å². The van der Waals surface area contributed by atoms with Crippen LogP contribution in [0.2, 0.25) is 5.02 Å². The molecule has 0 spiro atoms. The molecular formula is C24H30ClN3O2. The van der Waals surface area contributed by atoms with Crippen molar-refractivity contribution in [2.24, 2.45) is 0 Å². The van der Waals surface area contributed by atoms with Gasteiger partial charge in [0.1, 0.15) is 0 Å². The topological polar surface area (TPSA) is 66.9 Å². The Labute approximate surface area is 182 Å². The zero-order chi connectivity index (χ0) is 22.0. The van der Waals surface area contributed by atoms with Gasteiger partial charge in [0.2, 0.25) is 0 Å². The normalized spacial score (nSPS) is 11.4. The number of halogens is 1. The molecule has 2 heterocycles. The Hall–Kier alpha value is -2.53. The number of hydrogen-bond acceptors (Lipinski definition) is 2. The van der Waals surface area contributed by atoms with Crippen LogP contribution in [0.4, 0.5) is 0 Å². The molecule has 0 fully saturated rings. The van der Waals surface area contributed by atoms with Gasteiger partial charge in [0.15, 0.2) is 0 Å². The molecule has 3 aromatic rings. The number of pyridine rings is 1. The minimum atomic E-state index is -0.228. The molecule has 0 saturated heterocycles. The molecule has 30 heavy (non-hydrogen) atoms. The third-order valence-electron chi connectivity index (χ3n) is 5.48.